The molecule has 0 spiro atoms. The van der Waals surface area contributed by atoms with Gasteiger partial charge in [-0.05, 0) is 62.4 Å². The van der Waals surface area contributed by atoms with E-state index in [1.54, 1.807) is 13.1 Å². The molecule has 150 valence electrons. The number of rotatable bonds is 2. The lowest BCUT2D eigenvalue weighted by atomic mass is 10.0. The number of nitrogens with zero attached hydrogens (tertiary/aromatic N) is 2. The summed E-state index contributed by atoms with van der Waals surface area (Å²) in [6, 6.07) is 7.04. The fourth-order valence-corrected chi connectivity index (χ4v) is 2.87. The normalized spacial score (nSPS) is 13.1. The van der Waals surface area contributed by atoms with E-state index < -0.39 is 0 Å². The molecular weight excluding hydrogens is 460 g/mol. The van der Waals surface area contributed by atoms with Crippen molar-refractivity contribution in [2.45, 2.75) is 33.1 Å². The second-order valence-electron chi connectivity index (χ2n) is 6.22. The molecule has 2 N–H and O–H groups in total. The zero-order valence-electron chi connectivity index (χ0n) is 15.7. The van der Waals surface area contributed by atoms with Crippen LogP contribution < -0.4 is 5.32 Å². The minimum atomic E-state index is -0.371. The third kappa shape index (κ3) is 7.06. The number of aliphatic hydroxyl groups is 1. The number of piperidine rings is 1. The summed E-state index contributed by atoms with van der Waals surface area (Å²) in [5, 5.41) is 10.5. The van der Waals surface area contributed by atoms with Crippen LogP contribution in [0.2, 0.25) is 0 Å². The zero-order valence-corrected chi connectivity index (χ0v) is 18.1. The molecule has 1 saturated heterocycles. The number of pyridine rings is 1. The Bertz CT molecular complexity index is 743. The van der Waals surface area contributed by atoms with Crippen LogP contribution >= 0.6 is 24.0 Å². The van der Waals surface area contributed by atoms with Gasteiger partial charge in [0.1, 0.15) is 5.82 Å². The van der Waals surface area contributed by atoms with E-state index in [1.165, 1.54) is 18.7 Å². The highest BCUT2D eigenvalue weighted by Gasteiger charge is 2.16. The molecule has 2 heterocycles. The second kappa shape index (κ2) is 11.9. The number of carbonyl (C=O) groups excluding carboxylic acids is 1. The SMILES string of the molecule is CCO.Cc1ccc(NC(=O)N2CCCCC2)cc1-c1cncc(F)c1.I.[HH]. The van der Waals surface area contributed by atoms with Gasteiger partial charge in [0.05, 0.1) is 6.20 Å². The van der Waals surface area contributed by atoms with Crippen LogP contribution in [-0.2, 0) is 0 Å². The van der Waals surface area contributed by atoms with Crippen molar-refractivity contribution in [3.8, 4) is 11.1 Å². The first kappa shape index (κ1) is 23.3. The first-order valence-corrected chi connectivity index (χ1v) is 8.93. The lowest BCUT2D eigenvalue weighted by Crippen LogP contribution is -2.38. The van der Waals surface area contributed by atoms with Crippen LogP contribution in [0, 0.1) is 12.7 Å². The van der Waals surface area contributed by atoms with Gasteiger partial charge in [-0.1, -0.05) is 6.07 Å². The summed E-state index contributed by atoms with van der Waals surface area (Å²) in [5.41, 5.74) is 3.30. The molecule has 1 aromatic heterocycles. The Morgan fingerprint density at radius 1 is 1.26 bits per heavy atom. The topological polar surface area (TPSA) is 65.5 Å². The maximum atomic E-state index is 13.4. The van der Waals surface area contributed by atoms with E-state index in [4.69, 9.17) is 5.11 Å². The monoisotopic (exact) mass is 489 g/mol. The number of aryl methyl sites for hydroxylation is 1. The highest BCUT2D eigenvalue weighted by atomic mass is 127. The summed E-state index contributed by atoms with van der Waals surface area (Å²) in [6.07, 6.45) is 6.11. The number of halogens is 2. The number of urea groups is 1. The number of likely N-dealkylation sites (tertiary alicyclic amines) is 1. The van der Waals surface area contributed by atoms with E-state index in [0.717, 1.165) is 37.1 Å². The number of benzene rings is 1. The Labute approximate surface area is 178 Å². The van der Waals surface area contributed by atoms with E-state index in [1.807, 2.05) is 30.0 Å². The molecule has 1 aromatic carbocycles. The van der Waals surface area contributed by atoms with Gasteiger partial charge in [-0.15, -0.1) is 24.0 Å². The Balaban J connectivity index is 0.00000137. The quantitative estimate of drug-likeness (QED) is 0.579. The van der Waals surface area contributed by atoms with Gasteiger partial charge in [-0.3, -0.25) is 4.98 Å². The van der Waals surface area contributed by atoms with Gasteiger partial charge < -0.3 is 15.3 Å². The third-order valence-electron chi connectivity index (χ3n) is 4.15. The minimum Gasteiger partial charge on any atom is -0.397 e. The van der Waals surface area contributed by atoms with Crippen molar-refractivity contribution in [2.24, 2.45) is 0 Å². The van der Waals surface area contributed by atoms with Crippen molar-refractivity contribution in [1.82, 2.24) is 9.88 Å². The molecule has 1 fully saturated rings. The summed E-state index contributed by atoms with van der Waals surface area (Å²) in [5.74, 6) is -0.371. The molecule has 5 nitrogen and oxygen atoms in total. The van der Waals surface area contributed by atoms with E-state index in [2.05, 4.69) is 10.3 Å². The average molecular weight is 489 g/mol. The van der Waals surface area contributed by atoms with Gasteiger partial charge in [0.15, 0.2) is 0 Å². The molecule has 2 amide bonds. The van der Waals surface area contributed by atoms with Crippen molar-refractivity contribution in [1.29, 1.82) is 0 Å². The van der Waals surface area contributed by atoms with Gasteiger partial charge in [-0.2, -0.15) is 0 Å². The number of hydrogen-bond acceptors (Lipinski definition) is 3. The molecule has 1 aliphatic rings. The molecular formula is C20H29FIN3O2. The summed E-state index contributed by atoms with van der Waals surface area (Å²) in [7, 11) is 0. The van der Waals surface area contributed by atoms with Crippen molar-refractivity contribution in [2.75, 3.05) is 25.0 Å². The highest BCUT2D eigenvalue weighted by molar-refractivity contribution is 14.0. The fourth-order valence-electron chi connectivity index (χ4n) is 2.87. The van der Waals surface area contributed by atoms with E-state index in [0.29, 0.717) is 11.3 Å². The largest absolute Gasteiger partial charge is 0.397 e. The van der Waals surface area contributed by atoms with Gasteiger partial charge in [0, 0.05) is 38.6 Å². The molecule has 27 heavy (non-hydrogen) atoms. The molecule has 0 radical (unpaired) electrons. The maximum Gasteiger partial charge on any atom is 0.321 e. The standard InChI is InChI=1S/C18H20FN3O.C2H6O.HI.H2/c1-13-5-6-16(21-18(23)22-7-3-2-4-8-22)10-17(13)14-9-15(19)12-20-11-14;1-2-3;;/h5-6,9-12H,2-4,7-8H2,1H3,(H,21,23);3H,2H2,1H3;2*1H. The average Bonchev–Trinajstić information content (AvgIpc) is 2.64. The summed E-state index contributed by atoms with van der Waals surface area (Å²) in [6.45, 7) is 5.49. The Morgan fingerprint density at radius 2 is 1.93 bits per heavy atom. The minimum absolute atomic E-state index is 0. The maximum absolute atomic E-state index is 13.4. The van der Waals surface area contributed by atoms with Crippen LogP contribution in [0.25, 0.3) is 11.1 Å². The van der Waals surface area contributed by atoms with Crippen LogP contribution in [0.5, 0.6) is 0 Å². The van der Waals surface area contributed by atoms with Crippen LogP contribution in [0.15, 0.2) is 36.7 Å². The molecule has 0 aliphatic carbocycles. The van der Waals surface area contributed by atoms with E-state index in [-0.39, 0.29) is 43.9 Å². The number of amides is 2. The summed E-state index contributed by atoms with van der Waals surface area (Å²) >= 11 is 0. The van der Waals surface area contributed by atoms with Gasteiger partial charge in [-0.25, -0.2) is 9.18 Å². The number of anilines is 1. The molecule has 0 unspecified atom stereocenters. The predicted molar refractivity (Wildman–Crippen MR) is 119 cm³/mol. The predicted octanol–water partition coefficient (Wildman–Crippen LogP) is 5.08. The Morgan fingerprint density at radius 3 is 2.56 bits per heavy atom. The Kier molecular flexibility index (Phi) is 10.2. The number of carbonyl (C=O) groups is 1. The lowest BCUT2D eigenvalue weighted by Gasteiger charge is -2.27. The number of aromatic nitrogens is 1. The van der Waals surface area contributed by atoms with Crippen molar-refractivity contribution >= 4 is 35.7 Å². The molecule has 1 aliphatic heterocycles. The molecule has 7 heteroatoms. The summed E-state index contributed by atoms with van der Waals surface area (Å²) < 4.78 is 13.4. The lowest BCUT2D eigenvalue weighted by molar-refractivity contribution is 0.200. The zero-order chi connectivity index (χ0) is 18.9. The number of nitrogens with one attached hydrogen (secondary N) is 1. The van der Waals surface area contributed by atoms with Crippen LogP contribution in [0.1, 0.15) is 33.2 Å². The first-order chi connectivity index (χ1) is 12.5. The molecule has 0 bridgehead atoms. The molecule has 0 saturated carbocycles. The van der Waals surface area contributed by atoms with Crippen LogP contribution in [0.4, 0.5) is 14.9 Å². The van der Waals surface area contributed by atoms with E-state index >= 15 is 0 Å². The van der Waals surface area contributed by atoms with Gasteiger partial charge >= 0.3 is 6.03 Å². The van der Waals surface area contributed by atoms with Gasteiger partial charge in [0.25, 0.3) is 0 Å². The molecule has 2 aromatic rings. The molecule has 0 atom stereocenters. The molecule has 3 rings (SSSR count). The fraction of sp³-hybridized carbons (Fsp3) is 0.400. The van der Waals surface area contributed by atoms with Crippen LogP contribution in [0.3, 0.4) is 0 Å². The van der Waals surface area contributed by atoms with Crippen LogP contribution in [-0.4, -0.2) is 40.7 Å². The van der Waals surface area contributed by atoms with Gasteiger partial charge in [0.2, 0.25) is 0 Å². The first-order valence-electron chi connectivity index (χ1n) is 8.93. The highest BCUT2D eigenvalue weighted by Crippen LogP contribution is 2.27. The Hall–Kier alpha value is -1.74. The number of aliphatic hydroxyl groups excluding tert-OH is 1. The third-order valence-corrected chi connectivity index (χ3v) is 4.15. The second-order valence-corrected chi connectivity index (χ2v) is 6.22. The van der Waals surface area contributed by atoms with Crippen molar-refractivity contribution in [3.63, 3.8) is 0 Å². The van der Waals surface area contributed by atoms with Crippen molar-refractivity contribution in [3.05, 3.63) is 48.0 Å². The van der Waals surface area contributed by atoms with E-state index in [9.17, 15) is 9.18 Å². The van der Waals surface area contributed by atoms with Crippen molar-refractivity contribution < 1.29 is 15.7 Å². The summed E-state index contributed by atoms with van der Waals surface area (Å²) in [4.78, 5) is 18.0. The smallest absolute Gasteiger partial charge is 0.321 e. The number of hydrogen-bond donors (Lipinski definition) is 2.